The lowest BCUT2D eigenvalue weighted by Crippen LogP contribution is -2.55. The summed E-state index contributed by atoms with van der Waals surface area (Å²) in [5.74, 6) is -0.812. The Morgan fingerprint density at radius 2 is 2.00 bits per heavy atom. The molecule has 0 spiro atoms. The number of fused-ring (bicyclic) bond motifs is 1. The van der Waals surface area contributed by atoms with E-state index in [4.69, 9.17) is 26.5 Å². The molecule has 1 fully saturated rings. The summed E-state index contributed by atoms with van der Waals surface area (Å²) in [6, 6.07) is 7.10. The minimum atomic E-state index is -3.96. The topological polar surface area (TPSA) is 147 Å². The molecule has 4 N–H and O–H groups in total. The molecule has 204 valence electrons. The number of anilines is 1. The Kier molecular flexibility index (Phi) is 7.95. The highest BCUT2D eigenvalue weighted by atomic mass is 35.5. The van der Waals surface area contributed by atoms with Crippen LogP contribution in [0.1, 0.15) is 16.7 Å². The van der Waals surface area contributed by atoms with Crippen molar-refractivity contribution in [2.24, 2.45) is 5.73 Å². The smallest absolute Gasteiger partial charge is 0.414 e. The first kappa shape index (κ1) is 27.8. The third kappa shape index (κ3) is 5.92. The fraction of sp³-hybridized carbons (Fsp3) is 0.333. The Morgan fingerprint density at radius 1 is 1.29 bits per heavy atom. The van der Waals surface area contributed by atoms with E-state index in [1.54, 1.807) is 0 Å². The van der Waals surface area contributed by atoms with Crippen molar-refractivity contribution in [1.82, 2.24) is 14.5 Å². The van der Waals surface area contributed by atoms with Crippen LogP contribution in [0.25, 0.3) is 11.0 Å². The van der Waals surface area contributed by atoms with Crippen molar-refractivity contribution in [3.63, 3.8) is 0 Å². The van der Waals surface area contributed by atoms with E-state index >= 15 is 4.39 Å². The molecule has 3 aromatic rings. The van der Waals surface area contributed by atoms with E-state index in [1.807, 2.05) is 4.90 Å². The molecule has 38 heavy (non-hydrogen) atoms. The Bertz CT molecular complexity index is 1560. The monoisotopic (exact) mass is 567 g/mol. The predicted molar refractivity (Wildman–Crippen MR) is 141 cm³/mol. The van der Waals surface area contributed by atoms with Gasteiger partial charge in [-0.2, -0.15) is 8.42 Å². The molecule has 2 aromatic carbocycles. The highest BCUT2D eigenvalue weighted by Gasteiger charge is 2.27. The van der Waals surface area contributed by atoms with Crippen LogP contribution in [0.2, 0.25) is 5.02 Å². The molecule has 1 aromatic heterocycles. The number of likely N-dealkylation sites (tertiary alicyclic amines) is 1. The molecule has 1 amide bonds. The van der Waals surface area contributed by atoms with E-state index in [-0.39, 0.29) is 45.6 Å². The molecule has 0 saturated carbocycles. The van der Waals surface area contributed by atoms with Crippen LogP contribution in [-0.4, -0.2) is 64.6 Å². The van der Waals surface area contributed by atoms with Crippen LogP contribution in [0, 0.1) is 5.82 Å². The Morgan fingerprint density at radius 3 is 2.63 bits per heavy atom. The summed E-state index contributed by atoms with van der Waals surface area (Å²) in [7, 11) is 0.251. The number of benzene rings is 2. The molecule has 0 radical (unpaired) electrons. The van der Waals surface area contributed by atoms with Crippen LogP contribution in [0.4, 0.5) is 14.9 Å². The normalized spacial score (nSPS) is 14.4. The molecule has 0 atom stereocenters. The predicted octanol–water partition coefficient (Wildman–Crippen LogP) is 2.26. The van der Waals surface area contributed by atoms with Gasteiger partial charge in [-0.15, -0.1) is 0 Å². The van der Waals surface area contributed by atoms with Gasteiger partial charge in [0.05, 0.1) is 10.7 Å². The van der Waals surface area contributed by atoms with Gasteiger partial charge in [0.15, 0.2) is 11.6 Å². The highest BCUT2D eigenvalue weighted by Crippen LogP contribution is 2.34. The molecule has 4 rings (SSSR count). The number of rotatable bonds is 8. The average Bonchev–Trinajstić information content (AvgIpc) is 2.83. The van der Waals surface area contributed by atoms with Crippen molar-refractivity contribution in [2.45, 2.75) is 19.0 Å². The number of hydrogen-bond acceptors (Lipinski definition) is 8. The van der Waals surface area contributed by atoms with Gasteiger partial charge in [-0.3, -0.25) is 9.62 Å². The lowest BCUT2D eigenvalue weighted by Gasteiger charge is -2.37. The van der Waals surface area contributed by atoms with Gasteiger partial charge in [0, 0.05) is 70.3 Å². The highest BCUT2D eigenvalue weighted by molar-refractivity contribution is 7.90. The van der Waals surface area contributed by atoms with Crippen molar-refractivity contribution in [2.75, 3.05) is 39.0 Å². The standard InChI is InChI=1S/C24H27ClFN5O6S/c1-28-38(34,35)29-19-6-4-5-13(22(19)26)7-16-17(12-31-10-14(27)11-31)15-8-18(25)21(37-24(33)30(2)3)9-20(15)36-23(16)32/h4-6,8-9,14,28-29H,7,10-12,27H2,1-3H3. The largest absolute Gasteiger partial charge is 0.422 e. The second-order valence-corrected chi connectivity index (χ2v) is 11.1. The minimum absolute atomic E-state index is 0.000188. The number of nitrogens with zero attached hydrogens (tertiary/aromatic N) is 2. The fourth-order valence-electron chi connectivity index (χ4n) is 4.07. The number of halogens is 2. The third-order valence-corrected chi connectivity index (χ3v) is 7.38. The van der Waals surface area contributed by atoms with Gasteiger partial charge >= 0.3 is 11.7 Å². The maximum Gasteiger partial charge on any atom is 0.414 e. The minimum Gasteiger partial charge on any atom is -0.422 e. The zero-order valence-electron chi connectivity index (χ0n) is 20.9. The fourth-order valence-corrected chi connectivity index (χ4v) is 4.82. The second-order valence-electron chi connectivity index (χ2n) is 9.11. The van der Waals surface area contributed by atoms with Crippen LogP contribution in [0.15, 0.2) is 39.5 Å². The first-order chi connectivity index (χ1) is 17.9. The van der Waals surface area contributed by atoms with E-state index < -0.39 is 27.7 Å². The molecular formula is C24H27ClFN5O6S. The molecule has 2 heterocycles. The molecule has 0 aliphatic carbocycles. The van der Waals surface area contributed by atoms with Gasteiger partial charge in [-0.1, -0.05) is 23.7 Å². The van der Waals surface area contributed by atoms with Crippen molar-refractivity contribution in [1.29, 1.82) is 0 Å². The van der Waals surface area contributed by atoms with E-state index in [1.165, 1.54) is 56.4 Å². The van der Waals surface area contributed by atoms with E-state index in [0.29, 0.717) is 30.6 Å². The maximum absolute atomic E-state index is 15.3. The average molecular weight is 568 g/mol. The lowest BCUT2D eigenvalue weighted by atomic mass is 9.96. The molecule has 0 unspecified atom stereocenters. The number of amides is 1. The van der Waals surface area contributed by atoms with Crippen LogP contribution in [0.5, 0.6) is 5.75 Å². The number of nitrogens with two attached hydrogens (primary N) is 1. The van der Waals surface area contributed by atoms with Gasteiger partial charge in [0.25, 0.3) is 10.2 Å². The van der Waals surface area contributed by atoms with E-state index in [9.17, 15) is 18.0 Å². The number of nitrogens with one attached hydrogen (secondary N) is 2. The Hall–Kier alpha value is -3.23. The van der Waals surface area contributed by atoms with Gasteiger partial charge in [-0.05, 0) is 23.3 Å². The molecule has 14 heteroatoms. The van der Waals surface area contributed by atoms with Crippen molar-refractivity contribution in [3.8, 4) is 5.75 Å². The molecule has 1 saturated heterocycles. The number of ether oxygens (including phenoxy) is 1. The summed E-state index contributed by atoms with van der Waals surface area (Å²) in [6.45, 7) is 1.51. The van der Waals surface area contributed by atoms with Crippen LogP contribution >= 0.6 is 11.6 Å². The molecule has 1 aliphatic rings. The summed E-state index contributed by atoms with van der Waals surface area (Å²) >= 11 is 6.42. The van der Waals surface area contributed by atoms with Crippen molar-refractivity contribution in [3.05, 3.63) is 68.3 Å². The molecule has 11 nitrogen and oxygen atoms in total. The van der Waals surface area contributed by atoms with E-state index in [0.717, 1.165) is 0 Å². The lowest BCUT2D eigenvalue weighted by molar-refractivity contribution is 0.142. The summed E-state index contributed by atoms with van der Waals surface area (Å²) in [5.41, 5.74) is 5.90. The Balaban J connectivity index is 1.81. The summed E-state index contributed by atoms with van der Waals surface area (Å²) in [6.07, 6.45) is -0.840. The van der Waals surface area contributed by atoms with Crippen molar-refractivity contribution >= 4 is 44.6 Å². The molecular weight excluding hydrogens is 541 g/mol. The molecule has 1 aliphatic heterocycles. The van der Waals surface area contributed by atoms with Gasteiger partial charge in [0.2, 0.25) is 0 Å². The first-order valence-corrected chi connectivity index (χ1v) is 13.4. The van der Waals surface area contributed by atoms with Crippen LogP contribution in [0.3, 0.4) is 0 Å². The van der Waals surface area contributed by atoms with Crippen LogP contribution in [-0.2, 0) is 23.2 Å². The third-order valence-electron chi connectivity index (χ3n) is 6.06. The maximum atomic E-state index is 15.3. The zero-order valence-corrected chi connectivity index (χ0v) is 22.5. The zero-order chi connectivity index (χ0) is 27.8. The number of carbonyl (C=O) groups is 1. The first-order valence-electron chi connectivity index (χ1n) is 11.5. The summed E-state index contributed by atoms with van der Waals surface area (Å²) in [5, 5.41) is 0.603. The van der Waals surface area contributed by atoms with Gasteiger partial charge < -0.3 is 19.8 Å². The quantitative estimate of drug-likeness (QED) is 0.351. The van der Waals surface area contributed by atoms with Gasteiger partial charge in [-0.25, -0.2) is 18.7 Å². The summed E-state index contributed by atoms with van der Waals surface area (Å²) < 4.78 is 54.1. The van der Waals surface area contributed by atoms with E-state index in [2.05, 4.69) is 9.44 Å². The van der Waals surface area contributed by atoms with Crippen molar-refractivity contribution < 1.29 is 26.8 Å². The van der Waals surface area contributed by atoms with Gasteiger partial charge in [0.1, 0.15) is 5.58 Å². The number of carbonyl (C=O) groups excluding carboxylic acids is 1. The number of hydrogen-bond donors (Lipinski definition) is 3. The molecule has 0 bridgehead atoms. The summed E-state index contributed by atoms with van der Waals surface area (Å²) in [4.78, 5) is 28.5. The SMILES string of the molecule is CNS(=O)(=O)Nc1cccc(Cc2c(CN3CC(N)C3)c3cc(Cl)c(OC(=O)N(C)C)cc3oc2=O)c1F. The Labute approximate surface area is 223 Å². The second kappa shape index (κ2) is 10.9. The van der Waals surface area contributed by atoms with Crippen LogP contribution < -0.4 is 25.5 Å².